The SMILES string of the molecule is CC(=O)c1cc(C(=O)NCCO)n(C)c1. The molecule has 0 aliphatic carbocycles. The number of amides is 1. The topological polar surface area (TPSA) is 71.3 Å². The monoisotopic (exact) mass is 210 g/mol. The number of carbonyl (C=O) groups is 2. The third-order valence-corrected chi connectivity index (χ3v) is 2.04. The molecule has 0 saturated heterocycles. The van der Waals surface area contributed by atoms with Crippen LogP contribution in [0.25, 0.3) is 0 Å². The van der Waals surface area contributed by atoms with Gasteiger partial charge in [-0.05, 0) is 13.0 Å². The van der Waals surface area contributed by atoms with Crippen LogP contribution in [0.2, 0.25) is 0 Å². The van der Waals surface area contributed by atoms with Gasteiger partial charge in [0, 0.05) is 25.4 Å². The van der Waals surface area contributed by atoms with Gasteiger partial charge in [-0.25, -0.2) is 0 Å². The molecular formula is C10H14N2O3. The molecule has 0 aliphatic heterocycles. The minimum Gasteiger partial charge on any atom is -0.395 e. The van der Waals surface area contributed by atoms with Crippen LogP contribution in [-0.4, -0.2) is 34.5 Å². The summed E-state index contributed by atoms with van der Waals surface area (Å²) in [4.78, 5) is 22.6. The molecule has 5 nitrogen and oxygen atoms in total. The zero-order valence-corrected chi connectivity index (χ0v) is 8.78. The van der Waals surface area contributed by atoms with Gasteiger partial charge < -0.3 is 15.0 Å². The van der Waals surface area contributed by atoms with E-state index >= 15 is 0 Å². The molecular weight excluding hydrogens is 196 g/mol. The molecule has 0 unspecified atom stereocenters. The number of nitrogens with one attached hydrogen (secondary N) is 1. The summed E-state index contributed by atoms with van der Waals surface area (Å²) in [5.74, 6) is -0.370. The summed E-state index contributed by atoms with van der Waals surface area (Å²) >= 11 is 0. The van der Waals surface area contributed by atoms with Crippen LogP contribution in [0.5, 0.6) is 0 Å². The highest BCUT2D eigenvalue weighted by Gasteiger charge is 2.12. The highest BCUT2D eigenvalue weighted by molar-refractivity contribution is 5.99. The molecule has 1 aromatic heterocycles. The first-order valence-electron chi connectivity index (χ1n) is 4.62. The fourth-order valence-electron chi connectivity index (χ4n) is 1.24. The van der Waals surface area contributed by atoms with Gasteiger partial charge in [0.05, 0.1) is 6.61 Å². The van der Waals surface area contributed by atoms with Crippen molar-refractivity contribution in [2.45, 2.75) is 6.92 Å². The van der Waals surface area contributed by atoms with E-state index in [1.165, 1.54) is 13.0 Å². The lowest BCUT2D eigenvalue weighted by atomic mass is 10.2. The molecule has 1 rings (SSSR count). The van der Waals surface area contributed by atoms with Gasteiger partial charge >= 0.3 is 0 Å². The van der Waals surface area contributed by atoms with Crippen molar-refractivity contribution < 1.29 is 14.7 Å². The zero-order valence-electron chi connectivity index (χ0n) is 8.78. The highest BCUT2D eigenvalue weighted by Crippen LogP contribution is 2.07. The van der Waals surface area contributed by atoms with Crippen molar-refractivity contribution >= 4 is 11.7 Å². The van der Waals surface area contributed by atoms with Crippen LogP contribution in [0.3, 0.4) is 0 Å². The van der Waals surface area contributed by atoms with Crippen molar-refractivity contribution in [2.75, 3.05) is 13.2 Å². The Morgan fingerprint density at radius 2 is 2.20 bits per heavy atom. The first-order valence-corrected chi connectivity index (χ1v) is 4.62. The van der Waals surface area contributed by atoms with Crippen molar-refractivity contribution in [1.82, 2.24) is 9.88 Å². The lowest BCUT2D eigenvalue weighted by Gasteiger charge is -2.03. The Morgan fingerprint density at radius 3 is 2.67 bits per heavy atom. The second-order valence-corrected chi connectivity index (χ2v) is 3.26. The molecule has 2 N–H and O–H groups in total. The Hall–Kier alpha value is -1.62. The van der Waals surface area contributed by atoms with E-state index in [-0.39, 0.29) is 24.8 Å². The fourth-order valence-corrected chi connectivity index (χ4v) is 1.24. The van der Waals surface area contributed by atoms with Crippen molar-refractivity contribution in [3.63, 3.8) is 0 Å². The van der Waals surface area contributed by atoms with E-state index in [0.29, 0.717) is 11.3 Å². The van der Waals surface area contributed by atoms with Gasteiger partial charge in [0.25, 0.3) is 5.91 Å². The van der Waals surface area contributed by atoms with Crippen LogP contribution < -0.4 is 5.32 Å². The second kappa shape index (κ2) is 4.75. The van der Waals surface area contributed by atoms with E-state index in [9.17, 15) is 9.59 Å². The van der Waals surface area contributed by atoms with Crippen molar-refractivity contribution in [2.24, 2.45) is 7.05 Å². The van der Waals surface area contributed by atoms with E-state index in [1.807, 2.05) is 0 Å². The molecule has 15 heavy (non-hydrogen) atoms. The third kappa shape index (κ3) is 2.66. The number of ketones is 1. The third-order valence-electron chi connectivity index (χ3n) is 2.04. The van der Waals surface area contributed by atoms with Crippen LogP contribution in [-0.2, 0) is 7.05 Å². The van der Waals surface area contributed by atoms with Crippen molar-refractivity contribution in [3.05, 3.63) is 23.5 Å². The molecule has 1 amide bonds. The predicted octanol–water partition coefficient (Wildman–Crippen LogP) is -0.0502. The van der Waals surface area contributed by atoms with E-state index in [2.05, 4.69) is 5.32 Å². The van der Waals surface area contributed by atoms with Gasteiger partial charge in [0.1, 0.15) is 5.69 Å². The number of aromatic nitrogens is 1. The zero-order chi connectivity index (χ0) is 11.4. The quantitative estimate of drug-likeness (QED) is 0.684. The average molecular weight is 210 g/mol. The molecule has 0 spiro atoms. The molecule has 0 saturated carbocycles. The number of nitrogens with zero attached hydrogens (tertiary/aromatic N) is 1. The van der Waals surface area contributed by atoms with Gasteiger partial charge in [-0.3, -0.25) is 9.59 Å². The number of Topliss-reactive ketones (excluding diaryl/α,β-unsaturated/α-hetero) is 1. The largest absolute Gasteiger partial charge is 0.395 e. The number of aliphatic hydroxyl groups excluding tert-OH is 1. The molecule has 0 bridgehead atoms. The van der Waals surface area contributed by atoms with Gasteiger partial charge in [-0.1, -0.05) is 0 Å². The molecule has 0 fully saturated rings. The summed E-state index contributed by atoms with van der Waals surface area (Å²) in [7, 11) is 1.69. The summed E-state index contributed by atoms with van der Waals surface area (Å²) < 4.78 is 1.59. The normalized spacial score (nSPS) is 10.1. The summed E-state index contributed by atoms with van der Waals surface area (Å²) in [5.41, 5.74) is 0.917. The molecule has 1 heterocycles. The summed E-state index contributed by atoms with van der Waals surface area (Å²) in [5, 5.41) is 11.1. The molecule has 5 heteroatoms. The second-order valence-electron chi connectivity index (χ2n) is 3.26. The Morgan fingerprint density at radius 1 is 1.53 bits per heavy atom. The molecule has 0 aliphatic rings. The van der Waals surface area contributed by atoms with Gasteiger partial charge in [-0.2, -0.15) is 0 Å². The molecule has 1 aromatic rings. The van der Waals surface area contributed by atoms with Crippen molar-refractivity contribution in [3.8, 4) is 0 Å². The minimum atomic E-state index is -0.293. The Labute approximate surface area is 87.7 Å². The van der Waals surface area contributed by atoms with Gasteiger partial charge in [0.2, 0.25) is 0 Å². The maximum absolute atomic E-state index is 11.5. The first kappa shape index (κ1) is 11.5. The predicted molar refractivity (Wildman–Crippen MR) is 54.8 cm³/mol. The van der Waals surface area contributed by atoms with E-state index in [1.54, 1.807) is 17.8 Å². The fraction of sp³-hybridized carbons (Fsp3) is 0.400. The average Bonchev–Trinajstić information content (AvgIpc) is 2.57. The minimum absolute atomic E-state index is 0.0770. The van der Waals surface area contributed by atoms with Crippen molar-refractivity contribution in [1.29, 1.82) is 0 Å². The van der Waals surface area contributed by atoms with Crippen LogP contribution in [0.1, 0.15) is 27.8 Å². The smallest absolute Gasteiger partial charge is 0.267 e. The summed E-state index contributed by atoms with van der Waals surface area (Å²) in [6.45, 7) is 1.56. The number of hydrogen-bond donors (Lipinski definition) is 2. The standard InChI is InChI=1S/C10H14N2O3/c1-7(14)8-5-9(12(2)6-8)10(15)11-3-4-13/h5-6,13H,3-4H2,1-2H3,(H,11,15). The molecule has 82 valence electrons. The van der Waals surface area contributed by atoms with Crippen LogP contribution in [0, 0.1) is 0 Å². The van der Waals surface area contributed by atoms with E-state index in [4.69, 9.17) is 5.11 Å². The Balaban J connectivity index is 2.85. The highest BCUT2D eigenvalue weighted by atomic mass is 16.3. The molecule has 0 atom stereocenters. The molecule has 0 aromatic carbocycles. The molecule has 0 radical (unpaired) electrons. The maximum atomic E-state index is 11.5. The number of aliphatic hydroxyl groups is 1. The lowest BCUT2D eigenvalue weighted by Crippen LogP contribution is -2.27. The maximum Gasteiger partial charge on any atom is 0.267 e. The van der Waals surface area contributed by atoms with Crippen LogP contribution in [0.15, 0.2) is 12.3 Å². The summed E-state index contributed by atoms with van der Waals surface area (Å²) in [6.07, 6.45) is 1.61. The lowest BCUT2D eigenvalue weighted by molar-refractivity contribution is 0.0936. The number of rotatable bonds is 4. The Bertz CT molecular complexity index is 382. The Kier molecular flexibility index (Phi) is 3.62. The van der Waals surface area contributed by atoms with Crippen LogP contribution in [0.4, 0.5) is 0 Å². The number of carbonyl (C=O) groups excluding carboxylic acids is 2. The number of hydrogen-bond acceptors (Lipinski definition) is 3. The first-order chi connectivity index (χ1) is 7.06. The summed E-state index contributed by atoms with van der Waals surface area (Å²) in [6, 6.07) is 1.54. The van der Waals surface area contributed by atoms with E-state index in [0.717, 1.165) is 0 Å². The van der Waals surface area contributed by atoms with Gasteiger partial charge in [0.15, 0.2) is 5.78 Å². The van der Waals surface area contributed by atoms with Crippen LogP contribution >= 0.6 is 0 Å². The van der Waals surface area contributed by atoms with Gasteiger partial charge in [-0.15, -0.1) is 0 Å². The van der Waals surface area contributed by atoms with E-state index < -0.39 is 0 Å². The number of aryl methyl sites for hydroxylation is 1.